The SMILES string of the molecule is CCOC(=O)CC12CC(O)CC(O1)C(C)O2. The molecule has 0 spiro atoms. The fourth-order valence-corrected chi connectivity index (χ4v) is 2.45. The summed E-state index contributed by atoms with van der Waals surface area (Å²) < 4.78 is 16.3. The molecule has 0 aromatic heterocycles. The summed E-state index contributed by atoms with van der Waals surface area (Å²) in [6.07, 6.45) is 0.319. The molecule has 0 radical (unpaired) electrons. The summed E-state index contributed by atoms with van der Waals surface area (Å²) in [6.45, 7) is 4.00. The van der Waals surface area contributed by atoms with Crippen molar-refractivity contribution >= 4 is 5.97 Å². The van der Waals surface area contributed by atoms with Crippen LogP contribution in [0.2, 0.25) is 0 Å². The lowest BCUT2D eigenvalue weighted by Crippen LogP contribution is -2.42. The fraction of sp³-hybridized carbons (Fsp3) is 0.909. The van der Waals surface area contributed by atoms with Crippen molar-refractivity contribution in [3.63, 3.8) is 0 Å². The van der Waals surface area contributed by atoms with Crippen LogP contribution in [-0.4, -0.2) is 41.8 Å². The van der Waals surface area contributed by atoms with Gasteiger partial charge in [0.25, 0.3) is 0 Å². The van der Waals surface area contributed by atoms with E-state index in [4.69, 9.17) is 14.2 Å². The van der Waals surface area contributed by atoms with Crippen LogP contribution in [0.1, 0.15) is 33.1 Å². The molecule has 0 aromatic carbocycles. The van der Waals surface area contributed by atoms with Crippen molar-refractivity contribution in [2.45, 2.75) is 57.2 Å². The van der Waals surface area contributed by atoms with Gasteiger partial charge in [0, 0.05) is 12.8 Å². The van der Waals surface area contributed by atoms with Crippen molar-refractivity contribution in [1.82, 2.24) is 0 Å². The second-order valence-corrected chi connectivity index (χ2v) is 4.47. The topological polar surface area (TPSA) is 65.0 Å². The Morgan fingerprint density at radius 3 is 3.00 bits per heavy atom. The molecule has 1 N–H and O–H groups in total. The van der Waals surface area contributed by atoms with Crippen LogP contribution in [0.25, 0.3) is 0 Å². The van der Waals surface area contributed by atoms with Crippen LogP contribution in [0, 0.1) is 0 Å². The van der Waals surface area contributed by atoms with Gasteiger partial charge in [-0.3, -0.25) is 4.79 Å². The summed E-state index contributed by atoms with van der Waals surface area (Å²) in [5, 5.41) is 9.70. The Labute approximate surface area is 94.7 Å². The van der Waals surface area contributed by atoms with E-state index in [1.54, 1.807) is 6.92 Å². The van der Waals surface area contributed by atoms with Gasteiger partial charge in [-0.1, -0.05) is 0 Å². The zero-order chi connectivity index (χ0) is 11.8. The molecule has 16 heavy (non-hydrogen) atoms. The fourth-order valence-electron chi connectivity index (χ4n) is 2.45. The van der Waals surface area contributed by atoms with Gasteiger partial charge in [0.1, 0.15) is 0 Å². The molecule has 2 heterocycles. The van der Waals surface area contributed by atoms with Gasteiger partial charge in [-0.05, 0) is 13.8 Å². The van der Waals surface area contributed by atoms with Gasteiger partial charge in [-0.25, -0.2) is 0 Å². The van der Waals surface area contributed by atoms with Gasteiger partial charge >= 0.3 is 5.97 Å². The molecule has 0 saturated carbocycles. The molecule has 5 nitrogen and oxygen atoms in total. The molecule has 4 atom stereocenters. The Morgan fingerprint density at radius 2 is 2.31 bits per heavy atom. The number of aliphatic hydroxyl groups excluding tert-OH is 1. The molecular formula is C11H18O5. The first-order chi connectivity index (χ1) is 7.54. The number of carbonyl (C=O) groups excluding carboxylic acids is 1. The minimum atomic E-state index is -0.964. The monoisotopic (exact) mass is 230 g/mol. The van der Waals surface area contributed by atoms with Crippen molar-refractivity contribution in [3.05, 3.63) is 0 Å². The minimum absolute atomic E-state index is 0.0543. The predicted molar refractivity (Wildman–Crippen MR) is 54.6 cm³/mol. The molecule has 2 rings (SSSR count). The Balaban J connectivity index is 2.03. The largest absolute Gasteiger partial charge is 0.466 e. The zero-order valence-corrected chi connectivity index (χ0v) is 9.64. The lowest BCUT2D eigenvalue weighted by molar-refractivity contribution is -0.220. The summed E-state index contributed by atoms with van der Waals surface area (Å²) in [4.78, 5) is 11.4. The zero-order valence-electron chi connectivity index (χ0n) is 9.64. The first-order valence-corrected chi connectivity index (χ1v) is 5.74. The Hall–Kier alpha value is -0.650. The first-order valence-electron chi connectivity index (χ1n) is 5.74. The molecular weight excluding hydrogens is 212 g/mol. The number of ether oxygens (including phenoxy) is 3. The molecule has 92 valence electrons. The van der Waals surface area contributed by atoms with E-state index in [2.05, 4.69) is 0 Å². The standard InChI is InChI=1S/C11H18O5/c1-3-14-10(13)6-11-5-8(12)4-9(16-11)7(2)15-11/h7-9,12H,3-6H2,1-2H3. The molecule has 0 aliphatic carbocycles. The van der Waals surface area contributed by atoms with E-state index < -0.39 is 11.9 Å². The highest BCUT2D eigenvalue weighted by Crippen LogP contribution is 2.42. The van der Waals surface area contributed by atoms with E-state index >= 15 is 0 Å². The highest BCUT2D eigenvalue weighted by atomic mass is 16.8. The number of esters is 1. The number of carbonyl (C=O) groups is 1. The van der Waals surface area contributed by atoms with Gasteiger partial charge in [-0.2, -0.15) is 0 Å². The van der Waals surface area contributed by atoms with E-state index in [1.165, 1.54) is 0 Å². The first kappa shape index (κ1) is 11.8. The van der Waals surface area contributed by atoms with Gasteiger partial charge < -0.3 is 19.3 Å². The number of aliphatic hydroxyl groups is 1. The number of hydrogen-bond donors (Lipinski definition) is 1. The summed E-state index contributed by atoms with van der Waals surface area (Å²) in [7, 11) is 0. The second-order valence-electron chi connectivity index (χ2n) is 4.47. The van der Waals surface area contributed by atoms with Gasteiger partial charge in [0.05, 0.1) is 31.3 Å². The predicted octanol–water partition coefficient (Wildman–Crippen LogP) is 0.594. The van der Waals surface area contributed by atoms with E-state index in [9.17, 15) is 9.90 Å². The average molecular weight is 230 g/mol. The van der Waals surface area contributed by atoms with Crippen LogP contribution < -0.4 is 0 Å². The Kier molecular flexibility index (Phi) is 3.19. The van der Waals surface area contributed by atoms with E-state index in [0.717, 1.165) is 0 Å². The Bertz CT molecular complexity index is 270. The highest BCUT2D eigenvalue weighted by molar-refractivity contribution is 5.70. The lowest BCUT2D eigenvalue weighted by atomic mass is 9.97. The smallest absolute Gasteiger partial charge is 0.311 e. The number of fused-ring (bicyclic) bond motifs is 2. The lowest BCUT2D eigenvalue weighted by Gasteiger charge is -2.33. The van der Waals surface area contributed by atoms with Crippen molar-refractivity contribution in [2.75, 3.05) is 6.61 Å². The molecule has 4 unspecified atom stereocenters. The van der Waals surface area contributed by atoms with E-state index in [-0.39, 0.29) is 24.6 Å². The molecule has 2 bridgehead atoms. The molecule has 2 saturated heterocycles. The normalized spacial score (nSPS) is 42.1. The van der Waals surface area contributed by atoms with Crippen LogP contribution >= 0.6 is 0 Å². The van der Waals surface area contributed by atoms with Crippen LogP contribution in [0.15, 0.2) is 0 Å². The summed E-state index contributed by atoms with van der Waals surface area (Å²) >= 11 is 0. The van der Waals surface area contributed by atoms with Crippen LogP contribution in [-0.2, 0) is 19.0 Å². The van der Waals surface area contributed by atoms with Crippen molar-refractivity contribution in [2.24, 2.45) is 0 Å². The number of hydrogen-bond acceptors (Lipinski definition) is 5. The van der Waals surface area contributed by atoms with Crippen LogP contribution in [0.3, 0.4) is 0 Å². The van der Waals surface area contributed by atoms with Crippen molar-refractivity contribution in [1.29, 1.82) is 0 Å². The molecule has 2 aliphatic heterocycles. The molecule has 0 aromatic rings. The summed E-state index contributed by atoms with van der Waals surface area (Å²) in [6, 6.07) is 0. The highest BCUT2D eigenvalue weighted by Gasteiger charge is 2.52. The average Bonchev–Trinajstić information content (AvgIpc) is 2.36. The molecule has 0 amide bonds. The maximum atomic E-state index is 11.4. The maximum Gasteiger partial charge on any atom is 0.311 e. The van der Waals surface area contributed by atoms with Gasteiger partial charge in [0.2, 0.25) is 0 Å². The van der Waals surface area contributed by atoms with E-state index in [1.807, 2.05) is 6.92 Å². The van der Waals surface area contributed by atoms with Crippen LogP contribution in [0.4, 0.5) is 0 Å². The van der Waals surface area contributed by atoms with Crippen molar-refractivity contribution < 1.29 is 24.1 Å². The Morgan fingerprint density at radius 1 is 1.56 bits per heavy atom. The van der Waals surface area contributed by atoms with Gasteiger partial charge in [0.15, 0.2) is 5.79 Å². The molecule has 2 fully saturated rings. The quantitative estimate of drug-likeness (QED) is 0.719. The number of rotatable bonds is 3. The molecule has 2 aliphatic rings. The van der Waals surface area contributed by atoms with E-state index in [0.29, 0.717) is 19.4 Å². The second kappa shape index (κ2) is 4.31. The third-order valence-electron chi connectivity index (χ3n) is 3.06. The third-order valence-corrected chi connectivity index (χ3v) is 3.06. The van der Waals surface area contributed by atoms with Crippen LogP contribution in [0.5, 0.6) is 0 Å². The third kappa shape index (κ3) is 2.21. The summed E-state index contributed by atoms with van der Waals surface area (Å²) in [5.74, 6) is -1.31. The summed E-state index contributed by atoms with van der Waals surface area (Å²) in [5.41, 5.74) is 0. The maximum absolute atomic E-state index is 11.4. The van der Waals surface area contributed by atoms with Crippen molar-refractivity contribution in [3.8, 4) is 0 Å². The molecule has 5 heteroatoms. The minimum Gasteiger partial charge on any atom is -0.466 e. The van der Waals surface area contributed by atoms with Gasteiger partial charge in [-0.15, -0.1) is 0 Å².